The first-order chi connectivity index (χ1) is 9.94. The average Bonchev–Trinajstić information content (AvgIpc) is 2.46. The minimum Gasteiger partial charge on any atom is -0.481 e. The Morgan fingerprint density at radius 1 is 1.29 bits per heavy atom. The maximum atomic E-state index is 12.3. The molecule has 1 aromatic carbocycles. The number of nitrogens with zero attached hydrogens (tertiary/aromatic N) is 2. The van der Waals surface area contributed by atoms with Crippen LogP contribution in [-0.4, -0.2) is 25.5 Å². The van der Waals surface area contributed by atoms with Gasteiger partial charge in [-0.05, 0) is 24.6 Å². The zero-order valence-electron chi connectivity index (χ0n) is 11.7. The number of aromatic nitrogens is 2. The molecule has 0 atom stereocenters. The van der Waals surface area contributed by atoms with Crippen molar-refractivity contribution in [3.05, 3.63) is 41.6 Å². The van der Waals surface area contributed by atoms with E-state index in [0.29, 0.717) is 5.69 Å². The number of hydrogen-bond acceptors (Lipinski definition) is 6. The molecule has 1 heterocycles. The van der Waals surface area contributed by atoms with Gasteiger partial charge in [-0.25, -0.2) is 18.1 Å². The van der Waals surface area contributed by atoms with Crippen LogP contribution in [0.2, 0.25) is 0 Å². The van der Waals surface area contributed by atoms with Crippen molar-refractivity contribution in [2.75, 3.05) is 11.8 Å². The molecule has 0 fully saturated rings. The molecular weight excluding hydrogens is 292 g/mol. The van der Waals surface area contributed by atoms with Crippen molar-refractivity contribution in [3.8, 4) is 5.88 Å². The van der Waals surface area contributed by atoms with Gasteiger partial charge in [-0.2, -0.15) is 4.98 Å². The Balaban J connectivity index is 2.34. The van der Waals surface area contributed by atoms with Crippen molar-refractivity contribution >= 4 is 16.0 Å². The number of nitrogens with two attached hydrogens (primary N) is 1. The molecule has 2 rings (SSSR count). The predicted octanol–water partition coefficient (Wildman–Crippen LogP) is 1.05. The van der Waals surface area contributed by atoms with Crippen LogP contribution in [0.5, 0.6) is 5.88 Å². The summed E-state index contributed by atoms with van der Waals surface area (Å²) in [6.45, 7) is 1.98. The number of benzene rings is 1. The first-order valence-electron chi connectivity index (χ1n) is 6.16. The second-order valence-electron chi connectivity index (χ2n) is 4.33. The number of rotatable bonds is 5. The molecule has 0 saturated heterocycles. The highest BCUT2D eigenvalue weighted by Gasteiger charge is 2.16. The lowest BCUT2D eigenvalue weighted by atomic mass is 10.2. The molecule has 0 aliphatic heterocycles. The number of anilines is 1. The Kier molecular flexibility index (Phi) is 4.39. The van der Waals surface area contributed by atoms with Gasteiger partial charge in [0.2, 0.25) is 11.8 Å². The molecule has 0 aliphatic rings. The van der Waals surface area contributed by atoms with Crippen molar-refractivity contribution in [2.45, 2.75) is 18.4 Å². The van der Waals surface area contributed by atoms with Crippen LogP contribution >= 0.6 is 0 Å². The normalized spacial score (nSPS) is 11.2. The fourth-order valence-electron chi connectivity index (χ4n) is 1.71. The van der Waals surface area contributed by atoms with Gasteiger partial charge < -0.3 is 10.5 Å². The topological polar surface area (TPSA) is 107 Å². The highest BCUT2D eigenvalue weighted by molar-refractivity contribution is 7.92. The first-order valence-corrected chi connectivity index (χ1v) is 7.64. The maximum Gasteiger partial charge on any atom is 0.264 e. The van der Waals surface area contributed by atoms with Gasteiger partial charge in [-0.15, -0.1) is 0 Å². The highest BCUT2D eigenvalue weighted by Crippen LogP contribution is 2.17. The Morgan fingerprint density at radius 2 is 2.05 bits per heavy atom. The minimum absolute atomic E-state index is 0.0370. The lowest BCUT2D eigenvalue weighted by Gasteiger charge is -2.09. The number of ether oxygens (including phenoxy) is 1. The number of aryl methyl sites for hydroxylation is 1. The predicted molar refractivity (Wildman–Crippen MR) is 78.5 cm³/mol. The number of nitrogens with one attached hydrogen (secondary N) is 1. The Hall–Kier alpha value is -2.19. The molecule has 7 nitrogen and oxygen atoms in total. The van der Waals surface area contributed by atoms with Crippen LogP contribution in [0, 0.1) is 6.92 Å². The molecule has 1 aromatic heterocycles. The summed E-state index contributed by atoms with van der Waals surface area (Å²) in [7, 11) is -2.32. The summed E-state index contributed by atoms with van der Waals surface area (Å²) in [4.78, 5) is 8.09. The van der Waals surface area contributed by atoms with Crippen LogP contribution in [0.25, 0.3) is 0 Å². The van der Waals surface area contributed by atoms with Gasteiger partial charge in [-0.1, -0.05) is 12.1 Å². The maximum absolute atomic E-state index is 12.3. The van der Waals surface area contributed by atoms with Crippen LogP contribution in [0.15, 0.2) is 35.2 Å². The molecule has 8 heteroatoms. The van der Waals surface area contributed by atoms with E-state index in [1.54, 1.807) is 25.1 Å². The lowest BCUT2D eigenvalue weighted by Crippen LogP contribution is -2.16. The van der Waals surface area contributed by atoms with E-state index in [2.05, 4.69) is 14.7 Å². The molecule has 3 N–H and O–H groups in total. The van der Waals surface area contributed by atoms with Crippen molar-refractivity contribution in [1.29, 1.82) is 0 Å². The summed E-state index contributed by atoms with van der Waals surface area (Å²) in [6.07, 6.45) is 0. The fraction of sp³-hybridized carbons (Fsp3) is 0.231. The molecular formula is C13H16N4O3S. The summed E-state index contributed by atoms with van der Waals surface area (Å²) >= 11 is 0. The minimum atomic E-state index is -3.77. The molecule has 0 radical (unpaired) electrons. The van der Waals surface area contributed by atoms with E-state index < -0.39 is 10.0 Å². The van der Waals surface area contributed by atoms with Crippen LogP contribution in [0.1, 0.15) is 11.3 Å². The molecule has 0 spiro atoms. The third-order valence-electron chi connectivity index (χ3n) is 2.71. The van der Waals surface area contributed by atoms with E-state index in [0.717, 1.165) is 5.56 Å². The smallest absolute Gasteiger partial charge is 0.264 e. The molecule has 0 saturated carbocycles. The average molecular weight is 308 g/mol. The van der Waals surface area contributed by atoms with Gasteiger partial charge in [0.25, 0.3) is 10.0 Å². The summed E-state index contributed by atoms with van der Waals surface area (Å²) in [5, 5.41) is 0. The third-order valence-corrected chi connectivity index (χ3v) is 4.04. The molecule has 0 amide bonds. The van der Waals surface area contributed by atoms with Gasteiger partial charge in [-0.3, -0.25) is 0 Å². The molecule has 0 bridgehead atoms. The quantitative estimate of drug-likeness (QED) is 0.855. The van der Waals surface area contributed by atoms with E-state index in [1.807, 2.05) is 0 Å². The summed E-state index contributed by atoms with van der Waals surface area (Å²) in [5.41, 5.74) is 6.83. The number of methoxy groups -OCH3 is 1. The monoisotopic (exact) mass is 308 g/mol. The summed E-state index contributed by atoms with van der Waals surface area (Å²) in [5.74, 6) is 0.251. The van der Waals surface area contributed by atoms with Crippen LogP contribution in [0.3, 0.4) is 0 Å². The Bertz CT molecular complexity index is 747. The second-order valence-corrected chi connectivity index (χ2v) is 6.01. The molecule has 21 heavy (non-hydrogen) atoms. The van der Waals surface area contributed by atoms with Gasteiger partial charge in [0.05, 0.1) is 12.0 Å². The first kappa shape index (κ1) is 15.2. The molecule has 0 unspecified atom stereocenters. The van der Waals surface area contributed by atoms with Crippen molar-refractivity contribution in [3.63, 3.8) is 0 Å². The summed E-state index contributed by atoms with van der Waals surface area (Å²) in [6, 6.07) is 7.98. The highest BCUT2D eigenvalue weighted by atomic mass is 32.2. The third kappa shape index (κ3) is 3.67. The number of sulfonamides is 1. The van der Waals surface area contributed by atoms with Gasteiger partial charge >= 0.3 is 0 Å². The van der Waals surface area contributed by atoms with Gasteiger partial charge in [0.1, 0.15) is 0 Å². The SMILES string of the molecule is COc1cc(C)nc(NS(=O)(=O)c2cccc(CN)c2)n1. The molecule has 0 aliphatic carbocycles. The zero-order chi connectivity index (χ0) is 15.5. The lowest BCUT2D eigenvalue weighted by molar-refractivity contribution is 0.397. The molecule has 2 aromatic rings. The van der Waals surface area contributed by atoms with Crippen molar-refractivity contribution in [2.24, 2.45) is 5.73 Å². The second kappa shape index (κ2) is 6.06. The number of hydrogen-bond donors (Lipinski definition) is 2. The fourth-order valence-corrected chi connectivity index (χ4v) is 2.72. The largest absolute Gasteiger partial charge is 0.481 e. The van der Waals surface area contributed by atoms with E-state index in [9.17, 15) is 8.42 Å². The standard InChI is InChI=1S/C13H16N4O3S/c1-9-6-12(20-2)16-13(15-9)17-21(18,19)11-5-3-4-10(7-11)8-14/h3-7H,8,14H2,1-2H3,(H,15,16,17). The van der Waals surface area contributed by atoms with E-state index >= 15 is 0 Å². The van der Waals surface area contributed by atoms with Crippen molar-refractivity contribution in [1.82, 2.24) is 9.97 Å². The zero-order valence-corrected chi connectivity index (χ0v) is 12.5. The van der Waals surface area contributed by atoms with E-state index in [4.69, 9.17) is 10.5 Å². The summed E-state index contributed by atoms with van der Waals surface area (Å²) < 4.78 is 31.9. The Morgan fingerprint density at radius 3 is 2.71 bits per heavy atom. The van der Waals surface area contributed by atoms with E-state index in [1.165, 1.54) is 19.2 Å². The van der Waals surface area contributed by atoms with Gasteiger partial charge in [0.15, 0.2) is 0 Å². The van der Waals surface area contributed by atoms with E-state index in [-0.39, 0.29) is 23.3 Å². The molecule has 112 valence electrons. The van der Waals surface area contributed by atoms with Gasteiger partial charge in [0, 0.05) is 18.3 Å². The van der Waals surface area contributed by atoms with Crippen LogP contribution < -0.4 is 15.2 Å². The Labute approximate surface area is 123 Å². The van der Waals surface area contributed by atoms with Crippen molar-refractivity contribution < 1.29 is 13.2 Å². The van der Waals surface area contributed by atoms with Crippen LogP contribution in [0.4, 0.5) is 5.95 Å². The van der Waals surface area contributed by atoms with Crippen LogP contribution in [-0.2, 0) is 16.6 Å².